The van der Waals surface area contributed by atoms with E-state index in [4.69, 9.17) is 10.5 Å². The lowest BCUT2D eigenvalue weighted by molar-refractivity contribution is 0.0457. The average molecular weight is 260 g/mol. The van der Waals surface area contributed by atoms with Crippen LogP contribution in [-0.2, 0) is 17.9 Å². The van der Waals surface area contributed by atoms with Crippen LogP contribution in [0.3, 0.4) is 0 Å². The first kappa shape index (κ1) is 13.1. The number of ether oxygens (including phenoxy) is 1. The van der Waals surface area contributed by atoms with Gasteiger partial charge in [0.15, 0.2) is 12.4 Å². The third-order valence-corrected chi connectivity index (χ3v) is 2.84. The first-order chi connectivity index (χ1) is 9.13. The summed E-state index contributed by atoms with van der Waals surface area (Å²) in [5.74, 6) is 0.171. The van der Waals surface area contributed by atoms with E-state index < -0.39 is 5.97 Å². The van der Waals surface area contributed by atoms with Crippen molar-refractivity contribution in [1.29, 1.82) is 0 Å². The third-order valence-electron chi connectivity index (χ3n) is 2.84. The molecule has 0 radical (unpaired) electrons. The van der Waals surface area contributed by atoms with E-state index in [9.17, 15) is 4.79 Å². The summed E-state index contributed by atoms with van der Waals surface area (Å²) in [7, 11) is 0. The molecule has 0 unspecified atom stereocenters. The molecule has 6 heteroatoms. The normalized spacial score (nSPS) is 10.4. The molecule has 1 aromatic carbocycles. The van der Waals surface area contributed by atoms with Crippen molar-refractivity contribution in [2.45, 2.75) is 27.0 Å². The molecule has 0 aliphatic rings. The van der Waals surface area contributed by atoms with Crippen LogP contribution in [0, 0.1) is 6.92 Å². The smallest absolute Gasteiger partial charge is 0.340 e. The molecule has 0 saturated heterocycles. The zero-order chi connectivity index (χ0) is 13.8. The molecule has 1 heterocycles. The second kappa shape index (κ2) is 5.51. The van der Waals surface area contributed by atoms with E-state index in [-0.39, 0.29) is 6.61 Å². The molecule has 0 spiro atoms. The van der Waals surface area contributed by atoms with Crippen LogP contribution in [0.25, 0.3) is 0 Å². The van der Waals surface area contributed by atoms with E-state index in [1.165, 1.54) is 6.33 Å². The minimum atomic E-state index is -0.443. The molecular formula is C13H16N4O2. The van der Waals surface area contributed by atoms with E-state index in [1.807, 2.05) is 19.9 Å². The Balaban J connectivity index is 2.10. The molecular weight excluding hydrogens is 244 g/mol. The molecule has 0 bridgehead atoms. The van der Waals surface area contributed by atoms with Gasteiger partial charge in [-0.2, -0.15) is 5.10 Å². The Kier molecular flexibility index (Phi) is 3.79. The number of benzene rings is 1. The highest BCUT2D eigenvalue weighted by Gasteiger charge is 2.15. The van der Waals surface area contributed by atoms with Crippen molar-refractivity contribution >= 4 is 11.7 Å². The Morgan fingerprint density at radius 3 is 2.95 bits per heavy atom. The van der Waals surface area contributed by atoms with Gasteiger partial charge in [-0.3, -0.25) is 0 Å². The summed E-state index contributed by atoms with van der Waals surface area (Å²) in [6.07, 6.45) is 1.44. The Hall–Kier alpha value is -2.37. The molecule has 2 rings (SSSR count). The maximum absolute atomic E-state index is 12.0. The van der Waals surface area contributed by atoms with Gasteiger partial charge in [-0.1, -0.05) is 12.1 Å². The summed E-state index contributed by atoms with van der Waals surface area (Å²) < 4.78 is 6.91. The number of hydrogen-bond donors (Lipinski definition) is 1. The van der Waals surface area contributed by atoms with Crippen molar-refractivity contribution in [2.24, 2.45) is 0 Å². The van der Waals surface area contributed by atoms with Crippen LogP contribution in [-0.4, -0.2) is 20.7 Å². The predicted molar refractivity (Wildman–Crippen MR) is 70.4 cm³/mol. The van der Waals surface area contributed by atoms with Crippen molar-refractivity contribution < 1.29 is 9.53 Å². The van der Waals surface area contributed by atoms with Crippen molar-refractivity contribution in [2.75, 3.05) is 5.73 Å². The van der Waals surface area contributed by atoms with Gasteiger partial charge >= 0.3 is 5.97 Å². The average Bonchev–Trinajstić information content (AvgIpc) is 2.83. The Bertz CT molecular complexity index is 572. The van der Waals surface area contributed by atoms with Gasteiger partial charge in [-0.05, 0) is 25.5 Å². The van der Waals surface area contributed by atoms with Crippen LogP contribution < -0.4 is 5.73 Å². The van der Waals surface area contributed by atoms with E-state index in [0.29, 0.717) is 23.6 Å². The van der Waals surface area contributed by atoms with E-state index in [0.717, 1.165) is 5.56 Å². The molecule has 0 atom stereocenters. The molecule has 0 aliphatic carbocycles. The lowest BCUT2D eigenvalue weighted by Crippen LogP contribution is -2.13. The highest BCUT2D eigenvalue weighted by Crippen LogP contribution is 2.17. The Morgan fingerprint density at radius 2 is 2.26 bits per heavy atom. The van der Waals surface area contributed by atoms with Crippen molar-refractivity contribution in [3.05, 3.63) is 41.5 Å². The molecule has 1 aromatic heterocycles. The zero-order valence-corrected chi connectivity index (χ0v) is 11.0. The number of nitrogens with zero attached hydrogens (tertiary/aromatic N) is 3. The lowest BCUT2D eigenvalue weighted by atomic mass is 10.1. The largest absolute Gasteiger partial charge is 0.454 e. The molecule has 0 fully saturated rings. The number of aryl methyl sites for hydroxylation is 2. The van der Waals surface area contributed by atoms with Gasteiger partial charge in [0.2, 0.25) is 0 Å². The Morgan fingerprint density at radius 1 is 1.47 bits per heavy atom. The molecule has 0 saturated carbocycles. The summed E-state index contributed by atoms with van der Waals surface area (Å²) in [6, 6.07) is 5.30. The third kappa shape index (κ3) is 2.73. The minimum absolute atomic E-state index is 0.0838. The number of anilines is 1. The second-order valence-electron chi connectivity index (χ2n) is 4.11. The minimum Gasteiger partial charge on any atom is -0.454 e. The van der Waals surface area contributed by atoms with Crippen molar-refractivity contribution in [1.82, 2.24) is 14.8 Å². The highest BCUT2D eigenvalue weighted by molar-refractivity contribution is 5.96. The van der Waals surface area contributed by atoms with Gasteiger partial charge in [-0.25, -0.2) is 14.5 Å². The van der Waals surface area contributed by atoms with Gasteiger partial charge in [0.25, 0.3) is 0 Å². The molecule has 19 heavy (non-hydrogen) atoms. The zero-order valence-electron chi connectivity index (χ0n) is 11.0. The van der Waals surface area contributed by atoms with Gasteiger partial charge in [0.1, 0.15) is 6.33 Å². The fourth-order valence-corrected chi connectivity index (χ4v) is 1.84. The number of nitrogens with two attached hydrogens (primary N) is 1. The van der Waals surface area contributed by atoms with Gasteiger partial charge in [0.05, 0.1) is 5.56 Å². The Labute approximate surface area is 111 Å². The fourth-order valence-electron chi connectivity index (χ4n) is 1.84. The molecule has 100 valence electrons. The first-order valence-corrected chi connectivity index (χ1v) is 6.02. The van der Waals surface area contributed by atoms with Crippen molar-refractivity contribution in [3.63, 3.8) is 0 Å². The monoisotopic (exact) mass is 260 g/mol. The summed E-state index contributed by atoms with van der Waals surface area (Å²) >= 11 is 0. The first-order valence-electron chi connectivity index (χ1n) is 6.02. The molecule has 6 nitrogen and oxygen atoms in total. The maximum Gasteiger partial charge on any atom is 0.340 e. The van der Waals surface area contributed by atoms with Gasteiger partial charge in [-0.15, -0.1) is 0 Å². The quantitative estimate of drug-likeness (QED) is 0.666. The molecule has 2 N–H and O–H groups in total. The van der Waals surface area contributed by atoms with Crippen LogP contribution in [0.1, 0.15) is 28.7 Å². The van der Waals surface area contributed by atoms with Gasteiger partial charge in [0, 0.05) is 12.2 Å². The molecule has 0 aliphatic heterocycles. The van der Waals surface area contributed by atoms with E-state index in [1.54, 1.807) is 16.8 Å². The summed E-state index contributed by atoms with van der Waals surface area (Å²) in [6.45, 7) is 4.53. The molecule has 2 aromatic rings. The number of rotatable bonds is 4. The number of nitrogen functional groups attached to an aromatic ring is 1. The summed E-state index contributed by atoms with van der Waals surface area (Å²) in [5, 5.41) is 4.01. The van der Waals surface area contributed by atoms with Crippen LogP contribution in [0.2, 0.25) is 0 Å². The lowest BCUT2D eigenvalue weighted by Gasteiger charge is -2.09. The topological polar surface area (TPSA) is 83.0 Å². The van der Waals surface area contributed by atoms with E-state index >= 15 is 0 Å². The number of carbonyl (C=O) groups excluding carboxylic acids is 1. The van der Waals surface area contributed by atoms with Crippen LogP contribution in [0.4, 0.5) is 5.69 Å². The van der Waals surface area contributed by atoms with Crippen LogP contribution in [0.15, 0.2) is 24.5 Å². The summed E-state index contributed by atoms with van der Waals surface area (Å²) in [5.41, 5.74) is 7.41. The van der Waals surface area contributed by atoms with E-state index in [2.05, 4.69) is 10.1 Å². The number of esters is 1. The van der Waals surface area contributed by atoms with Crippen molar-refractivity contribution in [3.8, 4) is 0 Å². The highest BCUT2D eigenvalue weighted by atomic mass is 16.5. The fraction of sp³-hybridized carbons (Fsp3) is 0.308. The number of hydrogen-bond acceptors (Lipinski definition) is 5. The van der Waals surface area contributed by atoms with Crippen LogP contribution >= 0.6 is 0 Å². The maximum atomic E-state index is 12.0. The number of carbonyl (C=O) groups is 1. The SMILES string of the molecule is CCn1ncnc1COC(=O)c1c(C)cccc1N. The predicted octanol–water partition coefficient (Wildman–Crippen LogP) is 1.55. The van der Waals surface area contributed by atoms with Crippen LogP contribution in [0.5, 0.6) is 0 Å². The summed E-state index contributed by atoms with van der Waals surface area (Å²) in [4.78, 5) is 16.1. The second-order valence-corrected chi connectivity index (χ2v) is 4.11. The molecule has 0 amide bonds. The number of aromatic nitrogens is 3. The van der Waals surface area contributed by atoms with Gasteiger partial charge < -0.3 is 10.5 Å². The standard InChI is InChI=1S/C13H16N4O2/c1-3-17-11(15-8-16-17)7-19-13(18)12-9(2)5-4-6-10(12)14/h4-6,8H,3,7,14H2,1-2H3.